The molecule has 1 aromatic carbocycles. The lowest BCUT2D eigenvalue weighted by Crippen LogP contribution is -1.83. The van der Waals surface area contributed by atoms with Gasteiger partial charge in [-0.25, -0.2) is 4.98 Å². The van der Waals surface area contributed by atoms with Crippen LogP contribution in [0.3, 0.4) is 0 Å². The fourth-order valence-corrected chi connectivity index (χ4v) is 3.52. The number of thiazole rings is 1. The van der Waals surface area contributed by atoms with Crippen molar-refractivity contribution in [2.75, 3.05) is 0 Å². The van der Waals surface area contributed by atoms with Gasteiger partial charge in [0.15, 0.2) is 4.34 Å². The Morgan fingerprint density at radius 3 is 2.76 bits per heavy atom. The van der Waals surface area contributed by atoms with Gasteiger partial charge in [0, 0.05) is 11.9 Å². The highest BCUT2D eigenvalue weighted by Gasteiger charge is 2.04. The summed E-state index contributed by atoms with van der Waals surface area (Å²) in [7, 11) is 0. The molecule has 0 bridgehead atoms. The minimum atomic E-state index is 0.876. The number of aromatic nitrogens is 2. The van der Waals surface area contributed by atoms with Gasteiger partial charge in [0.25, 0.3) is 0 Å². The first-order valence-corrected chi connectivity index (χ1v) is 7.10. The summed E-state index contributed by atoms with van der Waals surface area (Å²) in [4.78, 5) is 8.89. The molecule has 0 N–H and O–H groups in total. The van der Waals surface area contributed by atoms with Gasteiger partial charge in [0.1, 0.15) is 0 Å². The average molecular weight is 258 g/mol. The standard InChI is InChI=1S/C13H10N2S2/c1-2-7-12-11(6-1)15-13(17-12)16-9-10-5-3-4-8-14-10/h1-8H,9H2. The van der Waals surface area contributed by atoms with Crippen LogP contribution in [0.2, 0.25) is 0 Å². The van der Waals surface area contributed by atoms with E-state index in [0.717, 1.165) is 21.3 Å². The van der Waals surface area contributed by atoms with E-state index in [9.17, 15) is 0 Å². The van der Waals surface area contributed by atoms with E-state index >= 15 is 0 Å². The summed E-state index contributed by atoms with van der Waals surface area (Å²) in [6.07, 6.45) is 1.83. The third-order valence-electron chi connectivity index (χ3n) is 2.34. The summed E-state index contributed by atoms with van der Waals surface area (Å²) >= 11 is 3.48. The maximum absolute atomic E-state index is 4.58. The van der Waals surface area contributed by atoms with E-state index in [-0.39, 0.29) is 0 Å². The van der Waals surface area contributed by atoms with E-state index < -0.39 is 0 Å². The molecular formula is C13H10N2S2. The predicted octanol–water partition coefficient (Wildman–Crippen LogP) is 3.98. The third kappa shape index (κ3) is 2.48. The number of nitrogens with zero attached hydrogens (tertiary/aromatic N) is 2. The van der Waals surface area contributed by atoms with Crippen LogP contribution in [-0.2, 0) is 5.75 Å². The maximum Gasteiger partial charge on any atom is 0.151 e. The molecule has 0 saturated carbocycles. The van der Waals surface area contributed by atoms with E-state index in [4.69, 9.17) is 0 Å². The molecule has 2 heterocycles. The largest absolute Gasteiger partial charge is 0.260 e. The predicted molar refractivity (Wildman–Crippen MR) is 73.4 cm³/mol. The topological polar surface area (TPSA) is 25.8 Å². The normalized spacial score (nSPS) is 10.8. The Labute approximate surface area is 108 Å². The van der Waals surface area contributed by atoms with Crippen LogP contribution in [0.25, 0.3) is 10.2 Å². The number of benzene rings is 1. The molecule has 3 rings (SSSR count). The van der Waals surface area contributed by atoms with Gasteiger partial charge in [-0.05, 0) is 24.3 Å². The monoisotopic (exact) mass is 258 g/mol. The smallest absolute Gasteiger partial charge is 0.151 e. The molecule has 0 radical (unpaired) electrons. The highest BCUT2D eigenvalue weighted by molar-refractivity contribution is 8.00. The van der Waals surface area contributed by atoms with Gasteiger partial charge < -0.3 is 0 Å². The number of fused-ring (bicyclic) bond motifs is 1. The van der Waals surface area contributed by atoms with E-state index in [0.29, 0.717) is 0 Å². The molecular weight excluding hydrogens is 248 g/mol. The molecule has 3 aromatic rings. The van der Waals surface area contributed by atoms with Crippen molar-refractivity contribution in [2.45, 2.75) is 10.1 Å². The lowest BCUT2D eigenvalue weighted by molar-refractivity contribution is 1.17. The van der Waals surface area contributed by atoms with Crippen LogP contribution >= 0.6 is 23.1 Å². The molecule has 0 aliphatic heterocycles. The number of hydrogen-bond acceptors (Lipinski definition) is 4. The Morgan fingerprint density at radius 1 is 1.06 bits per heavy atom. The van der Waals surface area contributed by atoms with E-state index in [2.05, 4.69) is 22.1 Å². The minimum absolute atomic E-state index is 0.876. The Hall–Kier alpha value is -1.39. The number of para-hydroxylation sites is 1. The second-order valence-corrected chi connectivity index (χ2v) is 5.81. The van der Waals surface area contributed by atoms with Gasteiger partial charge in [0.2, 0.25) is 0 Å². The summed E-state index contributed by atoms with van der Waals surface area (Å²) in [5, 5.41) is 0. The fourth-order valence-electron chi connectivity index (χ4n) is 1.53. The van der Waals surface area contributed by atoms with E-state index in [1.807, 2.05) is 36.5 Å². The first-order valence-electron chi connectivity index (χ1n) is 5.30. The Bertz CT molecular complexity index is 586. The van der Waals surface area contributed by atoms with Crippen molar-refractivity contribution in [3.8, 4) is 0 Å². The van der Waals surface area contributed by atoms with Gasteiger partial charge in [-0.15, -0.1) is 11.3 Å². The molecule has 17 heavy (non-hydrogen) atoms. The second-order valence-electron chi connectivity index (χ2n) is 3.56. The molecule has 2 aromatic heterocycles. The number of pyridine rings is 1. The fraction of sp³-hybridized carbons (Fsp3) is 0.0769. The van der Waals surface area contributed by atoms with Crippen molar-refractivity contribution in [3.63, 3.8) is 0 Å². The highest BCUT2D eigenvalue weighted by atomic mass is 32.2. The van der Waals surface area contributed by atoms with Crippen LogP contribution in [0.1, 0.15) is 5.69 Å². The zero-order chi connectivity index (χ0) is 11.5. The highest BCUT2D eigenvalue weighted by Crippen LogP contribution is 2.30. The molecule has 0 saturated heterocycles. The van der Waals surface area contributed by atoms with Crippen molar-refractivity contribution in [3.05, 3.63) is 54.4 Å². The Morgan fingerprint density at radius 2 is 1.94 bits per heavy atom. The molecule has 0 aliphatic rings. The first-order chi connectivity index (χ1) is 8.42. The lowest BCUT2D eigenvalue weighted by atomic mass is 10.3. The number of thioether (sulfide) groups is 1. The SMILES string of the molecule is c1ccc(CSc2nc3ccccc3s2)nc1. The molecule has 84 valence electrons. The van der Waals surface area contributed by atoms with Gasteiger partial charge in [-0.2, -0.15) is 0 Å². The van der Waals surface area contributed by atoms with Crippen molar-refractivity contribution in [1.82, 2.24) is 9.97 Å². The number of rotatable bonds is 3. The summed E-state index contributed by atoms with van der Waals surface area (Å²) in [6.45, 7) is 0. The first kappa shape index (κ1) is 10.7. The summed E-state index contributed by atoms with van der Waals surface area (Å²) in [6, 6.07) is 14.2. The van der Waals surface area contributed by atoms with Crippen LogP contribution in [0.15, 0.2) is 53.0 Å². The quantitative estimate of drug-likeness (QED) is 0.664. The summed E-state index contributed by atoms with van der Waals surface area (Å²) in [5.41, 5.74) is 2.18. The van der Waals surface area contributed by atoms with E-state index in [1.54, 1.807) is 23.1 Å². The third-order valence-corrected chi connectivity index (χ3v) is 4.56. The summed E-state index contributed by atoms with van der Waals surface area (Å²) < 4.78 is 2.35. The average Bonchev–Trinajstić information content (AvgIpc) is 2.80. The van der Waals surface area contributed by atoms with Crippen LogP contribution in [0, 0.1) is 0 Å². The van der Waals surface area contributed by atoms with Gasteiger partial charge >= 0.3 is 0 Å². The van der Waals surface area contributed by atoms with Crippen LogP contribution < -0.4 is 0 Å². The Balaban J connectivity index is 1.77. The van der Waals surface area contributed by atoms with Gasteiger partial charge in [-0.1, -0.05) is 30.0 Å². The second kappa shape index (κ2) is 4.85. The molecule has 0 aliphatic carbocycles. The van der Waals surface area contributed by atoms with Gasteiger partial charge in [0.05, 0.1) is 15.9 Å². The molecule has 0 spiro atoms. The molecule has 2 nitrogen and oxygen atoms in total. The Kier molecular flexibility index (Phi) is 3.07. The van der Waals surface area contributed by atoms with Crippen molar-refractivity contribution >= 4 is 33.3 Å². The molecule has 4 heteroatoms. The number of hydrogen-bond donors (Lipinski definition) is 0. The van der Waals surface area contributed by atoms with Crippen LogP contribution in [0.4, 0.5) is 0 Å². The van der Waals surface area contributed by atoms with Crippen molar-refractivity contribution in [1.29, 1.82) is 0 Å². The lowest BCUT2D eigenvalue weighted by Gasteiger charge is -1.96. The molecule has 0 amide bonds. The minimum Gasteiger partial charge on any atom is -0.260 e. The van der Waals surface area contributed by atoms with Crippen LogP contribution in [-0.4, -0.2) is 9.97 Å². The van der Waals surface area contributed by atoms with Gasteiger partial charge in [-0.3, -0.25) is 4.98 Å². The van der Waals surface area contributed by atoms with Crippen molar-refractivity contribution < 1.29 is 0 Å². The summed E-state index contributed by atoms with van der Waals surface area (Å²) in [5.74, 6) is 0.876. The zero-order valence-electron chi connectivity index (χ0n) is 9.04. The zero-order valence-corrected chi connectivity index (χ0v) is 10.7. The van der Waals surface area contributed by atoms with Crippen molar-refractivity contribution in [2.24, 2.45) is 0 Å². The molecule has 0 atom stereocenters. The maximum atomic E-state index is 4.58. The molecule has 0 fully saturated rings. The molecule has 0 unspecified atom stereocenters. The van der Waals surface area contributed by atoms with Crippen LogP contribution in [0.5, 0.6) is 0 Å². The van der Waals surface area contributed by atoms with E-state index in [1.165, 1.54) is 4.70 Å².